The first-order chi connectivity index (χ1) is 14.7. The highest BCUT2D eigenvalue weighted by Crippen LogP contribution is 2.33. The number of amidine groups is 1. The van der Waals surface area contributed by atoms with E-state index in [9.17, 15) is 4.79 Å². The van der Waals surface area contributed by atoms with Crippen molar-refractivity contribution in [3.8, 4) is 11.5 Å². The van der Waals surface area contributed by atoms with Gasteiger partial charge in [-0.3, -0.25) is 4.79 Å². The van der Waals surface area contributed by atoms with E-state index >= 15 is 0 Å². The van der Waals surface area contributed by atoms with Crippen molar-refractivity contribution in [2.24, 2.45) is 4.99 Å². The Hall–Kier alpha value is -2.93. The monoisotopic (exact) mass is 423 g/mol. The lowest BCUT2D eigenvalue weighted by Gasteiger charge is -2.36. The van der Waals surface area contributed by atoms with E-state index in [-0.39, 0.29) is 5.91 Å². The predicted molar refractivity (Wildman–Crippen MR) is 122 cm³/mol. The second-order valence-electron chi connectivity index (χ2n) is 6.96. The molecule has 156 valence electrons. The number of methoxy groups -OCH3 is 1. The molecule has 7 heteroatoms. The van der Waals surface area contributed by atoms with Gasteiger partial charge in [0.05, 0.1) is 18.6 Å². The molecule has 0 aliphatic carbocycles. The third-order valence-electron chi connectivity index (χ3n) is 5.07. The molecule has 2 aromatic rings. The number of para-hydroxylation sites is 1. The van der Waals surface area contributed by atoms with Crippen LogP contribution in [-0.4, -0.2) is 55.9 Å². The summed E-state index contributed by atoms with van der Waals surface area (Å²) in [5.41, 5.74) is 2.12. The van der Waals surface area contributed by atoms with Gasteiger partial charge in [-0.2, -0.15) is 4.99 Å². The van der Waals surface area contributed by atoms with Crippen LogP contribution in [0.15, 0.2) is 58.4 Å². The number of hydrogen-bond donors (Lipinski definition) is 0. The second kappa shape index (κ2) is 9.26. The number of hydrogen-bond acceptors (Lipinski definition) is 6. The highest BCUT2D eigenvalue weighted by molar-refractivity contribution is 8.18. The normalized spacial score (nSPS) is 18.0. The smallest absolute Gasteiger partial charge is 0.286 e. The van der Waals surface area contributed by atoms with Gasteiger partial charge in [-0.25, -0.2) is 0 Å². The number of carbonyl (C=O) groups is 1. The Kier molecular flexibility index (Phi) is 6.28. The van der Waals surface area contributed by atoms with E-state index in [4.69, 9.17) is 9.47 Å². The molecule has 0 aromatic heterocycles. The van der Waals surface area contributed by atoms with E-state index < -0.39 is 0 Å². The van der Waals surface area contributed by atoms with Gasteiger partial charge in [0.25, 0.3) is 5.91 Å². The first-order valence-electron chi connectivity index (χ1n) is 10.1. The van der Waals surface area contributed by atoms with E-state index in [2.05, 4.69) is 39.1 Å². The number of ether oxygens (including phenoxy) is 2. The number of anilines is 1. The van der Waals surface area contributed by atoms with Crippen molar-refractivity contribution in [1.29, 1.82) is 0 Å². The molecule has 0 unspecified atom stereocenters. The van der Waals surface area contributed by atoms with Crippen molar-refractivity contribution in [2.45, 2.75) is 6.92 Å². The summed E-state index contributed by atoms with van der Waals surface area (Å²) in [7, 11) is 1.61. The molecule has 0 spiro atoms. The van der Waals surface area contributed by atoms with Crippen molar-refractivity contribution in [1.82, 2.24) is 4.90 Å². The van der Waals surface area contributed by atoms with Crippen LogP contribution in [0, 0.1) is 0 Å². The number of nitrogens with zero attached hydrogens (tertiary/aromatic N) is 3. The van der Waals surface area contributed by atoms with Crippen molar-refractivity contribution in [3.63, 3.8) is 0 Å². The molecule has 0 bridgehead atoms. The van der Waals surface area contributed by atoms with Crippen LogP contribution in [0.5, 0.6) is 11.5 Å². The zero-order chi connectivity index (χ0) is 20.9. The molecule has 0 N–H and O–H groups in total. The molecule has 1 saturated heterocycles. The van der Waals surface area contributed by atoms with Gasteiger partial charge in [-0.15, -0.1) is 0 Å². The summed E-state index contributed by atoms with van der Waals surface area (Å²) < 4.78 is 11.0. The van der Waals surface area contributed by atoms with E-state index in [1.165, 1.54) is 17.4 Å². The van der Waals surface area contributed by atoms with Crippen molar-refractivity contribution >= 4 is 34.6 Å². The number of aliphatic imine (C=N–C) groups is 1. The molecule has 0 radical (unpaired) electrons. The summed E-state index contributed by atoms with van der Waals surface area (Å²) in [5.74, 6) is 1.16. The fourth-order valence-corrected chi connectivity index (χ4v) is 4.49. The number of amides is 1. The molecular weight excluding hydrogens is 398 g/mol. The summed E-state index contributed by atoms with van der Waals surface area (Å²) in [5, 5.41) is 0.789. The standard InChI is InChI=1S/C23H25N3O3S/c1-3-29-19-10-9-17(15-20(19)28-2)16-21-22(27)24-23(30-21)26-13-11-25(12-14-26)18-7-5-4-6-8-18/h4-10,15-16H,3,11-14H2,1-2H3/b21-16+. The zero-order valence-electron chi connectivity index (χ0n) is 17.2. The Morgan fingerprint density at radius 3 is 2.47 bits per heavy atom. The predicted octanol–water partition coefficient (Wildman–Crippen LogP) is 3.89. The molecular formula is C23H25N3O3S. The molecule has 2 aromatic carbocycles. The van der Waals surface area contributed by atoms with E-state index in [0.29, 0.717) is 23.0 Å². The van der Waals surface area contributed by atoms with Gasteiger partial charge < -0.3 is 19.3 Å². The Labute approximate surface area is 181 Å². The highest BCUT2D eigenvalue weighted by Gasteiger charge is 2.28. The van der Waals surface area contributed by atoms with E-state index in [1.807, 2.05) is 37.3 Å². The molecule has 4 rings (SSSR count). The van der Waals surface area contributed by atoms with Gasteiger partial charge in [0.2, 0.25) is 0 Å². The van der Waals surface area contributed by atoms with E-state index in [1.54, 1.807) is 7.11 Å². The first kappa shape index (κ1) is 20.3. The van der Waals surface area contributed by atoms with Crippen LogP contribution in [0.3, 0.4) is 0 Å². The topological polar surface area (TPSA) is 54.4 Å². The maximum atomic E-state index is 12.5. The van der Waals surface area contributed by atoms with Crippen molar-refractivity contribution in [3.05, 3.63) is 59.0 Å². The molecule has 6 nitrogen and oxygen atoms in total. The first-order valence-corrected chi connectivity index (χ1v) is 10.9. The molecule has 1 amide bonds. The minimum absolute atomic E-state index is 0.187. The third-order valence-corrected chi connectivity index (χ3v) is 6.11. The van der Waals surface area contributed by atoms with Crippen LogP contribution in [-0.2, 0) is 4.79 Å². The molecule has 2 aliphatic heterocycles. The van der Waals surface area contributed by atoms with Gasteiger partial charge in [-0.1, -0.05) is 24.3 Å². The lowest BCUT2D eigenvalue weighted by Crippen LogP contribution is -2.47. The third kappa shape index (κ3) is 4.46. The number of benzene rings is 2. The Balaban J connectivity index is 1.41. The number of thioether (sulfide) groups is 1. The van der Waals surface area contributed by atoms with Gasteiger partial charge in [-0.05, 0) is 54.6 Å². The fraction of sp³-hybridized carbons (Fsp3) is 0.304. The molecule has 2 aliphatic rings. The summed E-state index contributed by atoms with van der Waals surface area (Å²) >= 11 is 1.44. The number of piperazine rings is 1. The van der Waals surface area contributed by atoms with Crippen molar-refractivity contribution < 1.29 is 14.3 Å². The van der Waals surface area contributed by atoms with Gasteiger partial charge in [0.1, 0.15) is 0 Å². The molecule has 0 saturated carbocycles. The lowest BCUT2D eigenvalue weighted by molar-refractivity contribution is -0.113. The number of rotatable bonds is 5. The van der Waals surface area contributed by atoms with Crippen LogP contribution in [0.1, 0.15) is 12.5 Å². The Bertz CT molecular complexity index is 967. The lowest BCUT2D eigenvalue weighted by atomic mass is 10.2. The van der Waals surface area contributed by atoms with Crippen LogP contribution >= 0.6 is 11.8 Å². The van der Waals surface area contributed by atoms with Gasteiger partial charge in [0, 0.05) is 31.9 Å². The molecule has 2 heterocycles. The maximum Gasteiger partial charge on any atom is 0.286 e. The quantitative estimate of drug-likeness (QED) is 0.680. The second-order valence-corrected chi connectivity index (χ2v) is 7.97. The summed E-state index contributed by atoms with van der Waals surface area (Å²) in [4.78, 5) is 22.0. The summed E-state index contributed by atoms with van der Waals surface area (Å²) in [6.45, 7) is 6.01. The summed E-state index contributed by atoms with van der Waals surface area (Å²) in [6.07, 6.45) is 1.86. The van der Waals surface area contributed by atoms with Crippen molar-refractivity contribution in [2.75, 3.05) is 44.8 Å². The Morgan fingerprint density at radius 2 is 1.77 bits per heavy atom. The maximum absolute atomic E-state index is 12.5. The van der Waals surface area contributed by atoms with Crippen LogP contribution in [0.2, 0.25) is 0 Å². The molecule has 1 fully saturated rings. The van der Waals surface area contributed by atoms with Crippen LogP contribution in [0.4, 0.5) is 5.69 Å². The fourth-order valence-electron chi connectivity index (χ4n) is 3.53. The molecule has 0 atom stereocenters. The minimum atomic E-state index is -0.187. The SMILES string of the molecule is CCOc1ccc(/C=C2/SC(N3CCN(c4ccccc4)CC3)=NC2=O)cc1OC. The highest BCUT2D eigenvalue weighted by atomic mass is 32.2. The van der Waals surface area contributed by atoms with Crippen LogP contribution in [0.25, 0.3) is 6.08 Å². The minimum Gasteiger partial charge on any atom is -0.493 e. The van der Waals surface area contributed by atoms with Gasteiger partial charge in [0.15, 0.2) is 16.7 Å². The average molecular weight is 424 g/mol. The number of carbonyl (C=O) groups excluding carboxylic acids is 1. The largest absolute Gasteiger partial charge is 0.493 e. The van der Waals surface area contributed by atoms with Gasteiger partial charge >= 0.3 is 0 Å². The van der Waals surface area contributed by atoms with Crippen LogP contribution < -0.4 is 14.4 Å². The Morgan fingerprint density at radius 1 is 1.03 bits per heavy atom. The zero-order valence-corrected chi connectivity index (χ0v) is 18.0. The summed E-state index contributed by atoms with van der Waals surface area (Å²) in [6, 6.07) is 16.1. The van der Waals surface area contributed by atoms with E-state index in [0.717, 1.165) is 36.9 Å². The average Bonchev–Trinajstić information content (AvgIpc) is 3.16. The molecule has 30 heavy (non-hydrogen) atoms.